The van der Waals surface area contributed by atoms with Gasteiger partial charge in [0.1, 0.15) is 17.9 Å². The lowest BCUT2D eigenvalue weighted by molar-refractivity contribution is -0.127. The summed E-state index contributed by atoms with van der Waals surface area (Å²) >= 11 is 0. The summed E-state index contributed by atoms with van der Waals surface area (Å²) < 4.78 is 5.22. The molecule has 2 rings (SSSR count). The van der Waals surface area contributed by atoms with Crippen LogP contribution in [0.1, 0.15) is 12.0 Å². The first kappa shape index (κ1) is 12.2. The highest BCUT2D eigenvalue weighted by molar-refractivity contribution is 5.87. The lowest BCUT2D eigenvalue weighted by Gasteiger charge is -2.17. The van der Waals surface area contributed by atoms with Crippen molar-refractivity contribution >= 4 is 11.6 Å². The minimum Gasteiger partial charge on any atom is -0.495 e. The molecular weight excluding hydrogens is 230 g/mol. The lowest BCUT2D eigenvalue weighted by atomic mass is 10.1. The zero-order chi connectivity index (χ0) is 13.1. The number of carbonyl (C=O) groups is 1. The lowest BCUT2D eigenvalue weighted by Crippen LogP contribution is -2.31. The van der Waals surface area contributed by atoms with E-state index in [1.165, 1.54) is 0 Å². The molecule has 0 radical (unpaired) electrons. The van der Waals surface area contributed by atoms with Crippen LogP contribution in [0.2, 0.25) is 0 Å². The molecule has 0 spiro atoms. The van der Waals surface area contributed by atoms with Gasteiger partial charge in [-0.15, -0.1) is 0 Å². The van der Waals surface area contributed by atoms with Gasteiger partial charge in [-0.25, -0.2) is 0 Å². The number of nitrogens with one attached hydrogen (secondary N) is 1. The highest BCUT2D eigenvalue weighted by Crippen LogP contribution is 2.29. The normalized spacial score (nSPS) is 18.6. The van der Waals surface area contributed by atoms with Gasteiger partial charge in [0.25, 0.3) is 0 Å². The van der Waals surface area contributed by atoms with Gasteiger partial charge in [0.05, 0.1) is 18.4 Å². The molecule has 1 amide bonds. The fraction of sp³-hybridized carbons (Fsp3) is 0.385. The Labute approximate surface area is 106 Å². The first-order valence-corrected chi connectivity index (χ1v) is 5.76. The SMILES string of the molecule is COc1cccc(C#N)c1NC1CCN(C)C1=O. The summed E-state index contributed by atoms with van der Waals surface area (Å²) in [6.45, 7) is 0.730. The molecule has 1 heterocycles. The fourth-order valence-electron chi connectivity index (χ4n) is 2.07. The molecule has 1 aliphatic heterocycles. The fourth-order valence-corrected chi connectivity index (χ4v) is 2.07. The van der Waals surface area contributed by atoms with Crippen molar-refractivity contribution in [3.8, 4) is 11.8 Å². The van der Waals surface area contributed by atoms with Gasteiger partial charge in [0, 0.05) is 13.6 Å². The number of benzene rings is 1. The molecule has 0 aliphatic carbocycles. The number of rotatable bonds is 3. The number of anilines is 1. The molecule has 0 bridgehead atoms. The van der Waals surface area contributed by atoms with E-state index in [4.69, 9.17) is 10.00 Å². The van der Waals surface area contributed by atoms with E-state index < -0.39 is 0 Å². The first-order valence-electron chi connectivity index (χ1n) is 5.76. The number of nitriles is 1. The van der Waals surface area contributed by atoms with Gasteiger partial charge in [-0.05, 0) is 18.6 Å². The minimum atomic E-state index is -0.279. The summed E-state index contributed by atoms with van der Waals surface area (Å²) in [5.74, 6) is 0.626. The molecule has 1 aromatic carbocycles. The summed E-state index contributed by atoms with van der Waals surface area (Å²) in [6, 6.07) is 7.05. The van der Waals surface area contributed by atoms with Gasteiger partial charge in [-0.3, -0.25) is 4.79 Å². The maximum atomic E-state index is 11.8. The smallest absolute Gasteiger partial charge is 0.244 e. The average molecular weight is 245 g/mol. The number of methoxy groups -OCH3 is 1. The largest absolute Gasteiger partial charge is 0.495 e. The summed E-state index contributed by atoms with van der Waals surface area (Å²) in [5, 5.41) is 12.2. The van der Waals surface area contributed by atoms with Crippen LogP contribution in [0.3, 0.4) is 0 Å². The first-order chi connectivity index (χ1) is 8.67. The molecule has 1 aliphatic rings. The van der Waals surface area contributed by atoms with Crippen LogP contribution in [0.25, 0.3) is 0 Å². The Bertz CT molecular complexity index is 507. The molecule has 0 saturated carbocycles. The topological polar surface area (TPSA) is 65.4 Å². The van der Waals surface area contributed by atoms with Crippen LogP contribution in [0, 0.1) is 11.3 Å². The number of para-hydroxylation sites is 1. The van der Waals surface area contributed by atoms with E-state index in [0.717, 1.165) is 13.0 Å². The third-order valence-corrected chi connectivity index (χ3v) is 3.11. The minimum absolute atomic E-state index is 0.0461. The molecule has 1 fully saturated rings. The number of likely N-dealkylation sites (N-methyl/N-ethyl adjacent to an activating group) is 1. The summed E-state index contributed by atoms with van der Waals surface area (Å²) in [4.78, 5) is 13.5. The van der Waals surface area contributed by atoms with Gasteiger partial charge in [0.2, 0.25) is 5.91 Å². The van der Waals surface area contributed by atoms with E-state index in [1.54, 1.807) is 37.3 Å². The molecular formula is C13H15N3O2. The van der Waals surface area contributed by atoms with Gasteiger partial charge < -0.3 is 15.0 Å². The second-order valence-corrected chi connectivity index (χ2v) is 4.24. The van der Waals surface area contributed by atoms with Crippen LogP contribution in [-0.2, 0) is 4.79 Å². The maximum absolute atomic E-state index is 11.8. The molecule has 5 nitrogen and oxygen atoms in total. The molecule has 94 valence electrons. The predicted octanol–water partition coefficient (Wildman–Crippen LogP) is 1.21. The number of hydrogen-bond donors (Lipinski definition) is 1. The molecule has 1 aromatic rings. The highest BCUT2D eigenvalue weighted by Gasteiger charge is 2.30. The monoisotopic (exact) mass is 245 g/mol. The number of amides is 1. The Morgan fingerprint density at radius 2 is 2.33 bits per heavy atom. The zero-order valence-electron chi connectivity index (χ0n) is 10.4. The maximum Gasteiger partial charge on any atom is 0.244 e. The van der Waals surface area contributed by atoms with E-state index in [9.17, 15) is 4.79 Å². The van der Waals surface area contributed by atoms with E-state index in [1.807, 2.05) is 0 Å². The van der Waals surface area contributed by atoms with Crippen molar-refractivity contribution in [1.29, 1.82) is 5.26 Å². The van der Waals surface area contributed by atoms with Crippen LogP contribution in [0.4, 0.5) is 5.69 Å². The van der Waals surface area contributed by atoms with Gasteiger partial charge in [-0.2, -0.15) is 5.26 Å². The number of hydrogen-bond acceptors (Lipinski definition) is 4. The third kappa shape index (κ3) is 2.09. The molecule has 1 saturated heterocycles. The molecule has 1 unspecified atom stereocenters. The Morgan fingerprint density at radius 3 is 2.89 bits per heavy atom. The van der Waals surface area contributed by atoms with Crippen molar-refractivity contribution in [2.45, 2.75) is 12.5 Å². The Balaban J connectivity index is 2.29. The standard InChI is InChI=1S/C13H15N3O2/c1-16-7-6-10(13(16)17)15-12-9(8-14)4-3-5-11(12)18-2/h3-5,10,15H,6-7H2,1-2H3. The van der Waals surface area contributed by atoms with Crippen LogP contribution >= 0.6 is 0 Å². The predicted molar refractivity (Wildman–Crippen MR) is 67.4 cm³/mol. The zero-order valence-corrected chi connectivity index (χ0v) is 10.4. The van der Waals surface area contributed by atoms with Crippen molar-refractivity contribution in [1.82, 2.24) is 4.90 Å². The second kappa shape index (κ2) is 4.96. The van der Waals surface area contributed by atoms with Crippen molar-refractivity contribution < 1.29 is 9.53 Å². The molecule has 5 heteroatoms. The van der Waals surface area contributed by atoms with E-state index in [-0.39, 0.29) is 11.9 Å². The van der Waals surface area contributed by atoms with Crippen LogP contribution < -0.4 is 10.1 Å². The molecule has 1 atom stereocenters. The third-order valence-electron chi connectivity index (χ3n) is 3.11. The van der Waals surface area contributed by atoms with Crippen molar-refractivity contribution in [3.05, 3.63) is 23.8 Å². The molecule has 1 N–H and O–H groups in total. The summed E-state index contributed by atoms with van der Waals surface area (Å²) in [7, 11) is 3.32. The van der Waals surface area contributed by atoms with Gasteiger partial charge in [-0.1, -0.05) is 6.07 Å². The Morgan fingerprint density at radius 1 is 1.56 bits per heavy atom. The average Bonchev–Trinajstić information content (AvgIpc) is 2.71. The van der Waals surface area contributed by atoms with E-state index in [2.05, 4.69) is 11.4 Å². The van der Waals surface area contributed by atoms with Crippen LogP contribution in [-0.4, -0.2) is 37.6 Å². The van der Waals surface area contributed by atoms with Crippen LogP contribution in [0.15, 0.2) is 18.2 Å². The van der Waals surface area contributed by atoms with E-state index >= 15 is 0 Å². The number of ether oxygens (including phenoxy) is 1. The van der Waals surface area contributed by atoms with E-state index in [0.29, 0.717) is 17.0 Å². The van der Waals surface area contributed by atoms with Crippen molar-refractivity contribution in [2.24, 2.45) is 0 Å². The Hall–Kier alpha value is -2.22. The molecule has 18 heavy (non-hydrogen) atoms. The second-order valence-electron chi connectivity index (χ2n) is 4.24. The quantitative estimate of drug-likeness (QED) is 0.869. The highest BCUT2D eigenvalue weighted by atomic mass is 16.5. The van der Waals surface area contributed by atoms with Gasteiger partial charge >= 0.3 is 0 Å². The molecule has 0 aromatic heterocycles. The number of likely N-dealkylation sites (tertiary alicyclic amines) is 1. The summed E-state index contributed by atoms with van der Waals surface area (Å²) in [5.41, 5.74) is 1.08. The van der Waals surface area contributed by atoms with Crippen molar-refractivity contribution in [2.75, 3.05) is 26.0 Å². The number of carbonyl (C=O) groups excluding carboxylic acids is 1. The number of nitrogens with zero attached hydrogens (tertiary/aromatic N) is 2. The van der Waals surface area contributed by atoms with Crippen molar-refractivity contribution in [3.63, 3.8) is 0 Å². The van der Waals surface area contributed by atoms with Crippen LogP contribution in [0.5, 0.6) is 5.75 Å². The van der Waals surface area contributed by atoms with Gasteiger partial charge in [0.15, 0.2) is 0 Å². The Kier molecular flexibility index (Phi) is 3.38. The summed E-state index contributed by atoms with van der Waals surface area (Å²) in [6.07, 6.45) is 0.734.